The van der Waals surface area contributed by atoms with Gasteiger partial charge in [0, 0.05) is 30.1 Å². The Morgan fingerprint density at radius 1 is 1.41 bits per heavy atom. The molecule has 2 aromatic rings. The van der Waals surface area contributed by atoms with E-state index < -0.39 is 6.03 Å². The second-order valence-electron chi connectivity index (χ2n) is 3.84. The first-order valence-electron chi connectivity index (χ1n) is 5.33. The van der Waals surface area contributed by atoms with Crippen LogP contribution in [0.25, 0.3) is 11.3 Å². The Balaban J connectivity index is 2.19. The minimum Gasteiger partial charge on any atom is -0.369 e. The Kier molecular flexibility index (Phi) is 2.07. The van der Waals surface area contributed by atoms with Crippen LogP contribution in [0.2, 0.25) is 0 Å². The Bertz CT molecular complexity index is 575. The second-order valence-corrected chi connectivity index (χ2v) is 3.84. The largest absolute Gasteiger partial charge is 0.369 e. The molecule has 0 saturated heterocycles. The molecule has 0 aromatic carbocycles. The molecule has 6 heteroatoms. The summed E-state index contributed by atoms with van der Waals surface area (Å²) in [4.78, 5) is 15.2. The highest BCUT2D eigenvalue weighted by atomic mass is 16.2. The van der Waals surface area contributed by atoms with E-state index in [-0.39, 0.29) is 0 Å². The van der Waals surface area contributed by atoms with E-state index in [1.165, 1.54) is 4.68 Å². The maximum atomic E-state index is 11.3. The molecule has 17 heavy (non-hydrogen) atoms. The van der Waals surface area contributed by atoms with Gasteiger partial charge in [0.25, 0.3) is 0 Å². The average molecular weight is 229 g/mol. The summed E-state index contributed by atoms with van der Waals surface area (Å²) in [5, 5.41) is 7.38. The van der Waals surface area contributed by atoms with Gasteiger partial charge >= 0.3 is 6.03 Å². The number of anilines is 1. The molecule has 1 aliphatic rings. The molecule has 0 spiro atoms. The van der Waals surface area contributed by atoms with E-state index in [2.05, 4.69) is 15.4 Å². The summed E-state index contributed by atoms with van der Waals surface area (Å²) in [5.41, 5.74) is 8.07. The maximum Gasteiger partial charge on any atom is 0.341 e. The lowest BCUT2D eigenvalue weighted by Crippen LogP contribution is -2.22. The summed E-state index contributed by atoms with van der Waals surface area (Å²) < 4.78 is 1.22. The van der Waals surface area contributed by atoms with Crippen LogP contribution in [-0.4, -0.2) is 27.3 Å². The van der Waals surface area contributed by atoms with Crippen LogP contribution in [0.3, 0.4) is 0 Å². The van der Waals surface area contributed by atoms with Crippen molar-refractivity contribution in [2.45, 2.75) is 6.42 Å². The zero-order valence-corrected chi connectivity index (χ0v) is 9.05. The minimum atomic E-state index is -0.573. The van der Waals surface area contributed by atoms with Crippen molar-refractivity contribution in [3.05, 3.63) is 30.1 Å². The molecule has 0 atom stereocenters. The number of carbonyl (C=O) groups is 1. The van der Waals surface area contributed by atoms with E-state index in [1.807, 2.05) is 12.1 Å². The zero-order chi connectivity index (χ0) is 11.8. The molecule has 0 saturated carbocycles. The first kappa shape index (κ1) is 9.83. The monoisotopic (exact) mass is 229 g/mol. The molecule has 3 heterocycles. The molecule has 0 fully saturated rings. The van der Waals surface area contributed by atoms with E-state index in [0.29, 0.717) is 5.82 Å². The highest BCUT2D eigenvalue weighted by molar-refractivity contribution is 5.83. The van der Waals surface area contributed by atoms with Gasteiger partial charge in [0.2, 0.25) is 0 Å². The second kappa shape index (κ2) is 3.58. The van der Waals surface area contributed by atoms with Crippen molar-refractivity contribution < 1.29 is 4.79 Å². The van der Waals surface area contributed by atoms with E-state index in [9.17, 15) is 4.79 Å². The molecule has 0 unspecified atom stereocenters. The van der Waals surface area contributed by atoms with Crippen molar-refractivity contribution in [1.29, 1.82) is 0 Å². The molecule has 86 valence electrons. The quantitative estimate of drug-likeness (QED) is 0.758. The van der Waals surface area contributed by atoms with Gasteiger partial charge in [0.15, 0.2) is 0 Å². The van der Waals surface area contributed by atoms with Gasteiger partial charge in [0.05, 0.1) is 5.69 Å². The Labute approximate surface area is 97.5 Å². The van der Waals surface area contributed by atoms with E-state index in [4.69, 9.17) is 5.73 Å². The Hall–Kier alpha value is -2.37. The molecule has 1 amide bonds. The fraction of sp³-hybridized carbons (Fsp3) is 0.182. The molecule has 0 radical (unpaired) electrons. The molecule has 0 bridgehead atoms. The van der Waals surface area contributed by atoms with E-state index in [1.54, 1.807) is 12.4 Å². The van der Waals surface area contributed by atoms with E-state index in [0.717, 1.165) is 29.8 Å². The number of nitrogens with zero attached hydrogens (tertiary/aromatic N) is 3. The minimum absolute atomic E-state index is 0.573. The molecule has 1 aliphatic heterocycles. The maximum absolute atomic E-state index is 11.3. The lowest BCUT2D eigenvalue weighted by atomic mass is 10.1. The summed E-state index contributed by atoms with van der Waals surface area (Å²) in [6.45, 7) is 0.804. The highest BCUT2D eigenvalue weighted by Crippen LogP contribution is 2.31. The van der Waals surface area contributed by atoms with Crippen LogP contribution in [0.4, 0.5) is 10.6 Å². The summed E-state index contributed by atoms with van der Waals surface area (Å²) >= 11 is 0. The normalized spacial score (nSPS) is 13.2. The number of nitrogens with one attached hydrogen (secondary N) is 1. The molecular weight excluding hydrogens is 218 g/mol. The summed E-state index contributed by atoms with van der Waals surface area (Å²) in [6.07, 6.45) is 4.25. The van der Waals surface area contributed by atoms with Crippen LogP contribution in [0, 0.1) is 0 Å². The standard InChI is InChI=1S/C11H11N5O/c12-11(17)16-10-8(3-6-14-10)9(15-16)7-1-4-13-5-2-7/h1-2,4-5,14H,3,6H2,(H2,12,17). The highest BCUT2D eigenvalue weighted by Gasteiger charge is 2.24. The van der Waals surface area contributed by atoms with Crippen LogP contribution in [0.15, 0.2) is 24.5 Å². The van der Waals surface area contributed by atoms with Gasteiger partial charge in [-0.25, -0.2) is 4.79 Å². The topological polar surface area (TPSA) is 85.8 Å². The van der Waals surface area contributed by atoms with Crippen molar-refractivity contribution in [1.82, 2.24) is 14.8 Å². The number of rotatable bonds is 1. The van der Waals surface area contributed by atoms with Crippen molar-refractivity contribution in [3.63, 3.8) is 0 Å². The first-order valence-corrected chi connectivity index (χ1v) is 5.33. The van der Waals surface area contributed by atoms with Crippen molar-refractivity contribution in [2.75, 3.05) is 11.9 Å². The van der Waals surface area contributed by atoms with Crippen LogP contribution in [0.5, 0.6) is 0 Å². The SMILES string of the molecule is NC(=O)n1nc(-c2ccncc2)c2c1NCC2. The van der Waals surface area contributed by atoms with Crippen LogP contribution in [0.1, 0.15) is 5.56 Å². The van der Waals surface area contributed by atoms with Gasteiger partial charge in [-0.05, 0) is 18.6 Å². The number of amides is 1. The molecule has 0 aliphatic carbocycles. The number of hydrogen-bond donors (Lipinski definition) is 2. The van der Waals surface area contributed by atoms with Gasteiger partial charge in [-0.1, -0.05) is 0 Å². The third-order valence-electron chi connectivity index (χ3n) is 2.81. The third-order valence-corrected chi connectivity index (χ3v) is 2.81. The number of aromatic nitrogens is 3. The van der Waals surface area contributed by atoms with Crippen LogP contribution >= 0.6 is 0 Å². The van der Waals surface area contributed by atoms with Gasteiger partial charge < -0.3 is 11.1 Å². The number of pyridine rings is 1. The summed E-state index contributed by atoms with van der Waals surface area (Å²) in [5.74, 6) is 0.712. The predicted molar refractivity (Wildman–Crippen MR) is 62.6 cm³/mol. The Morgan fingerprint density at radius 3 is 2.88 bits per heavy atom. The average Bonchev–Trinajstić information content (AvgIpc) is 2.90. The number of nitrogens with two attached hydrogens (primary N) is 1. The summed E-state index contributed by atoms with van der Waals surface area (Å²) in [6, 6.07) is 3.16. The predicted octanol–water partition coefficient (Wildman–Crippen LogP) is 0.840. The van der Waals surface area contributed by atoms with E-state index >= 15 is 0 Å². The van der Waals surface area contributed by atoms with Gasteiger partial charge in [-0.2, -0.15) is 9.78 Å². The van der Waals surface area contributed by atoms with Gasteiger partial charge in [0.1, 0.15) is 5.82 Å². The fourth-order valence-corrected chi connectivity index (χ4v) is 2.08. The zero-order valence-electron chi connectivity index (χ0n) is 9.05. The van der Waals surface area contributed by atoms with Crippen molar-refractivity contribution in [3.8, 4) is 11.3 Å². The fourth-order valence-electron chi connectivity index (χ4n) is 2.08. The number of carbonyl (C=O) groups excluding carboxylic acids is 1. The molecule has 2 aromatic heterocycles. The van der Waals surface area contributed by atoms with Gasteiger partial charge in [-0.3, -0.25) is 4.98 Å². The third kappa shape index (κ3) is 1.45. The number of fused-ring (bicyclic) bond motifs is 1. The lowest BCUT2D eigenvalue weighted by molar-refractivity contribution is 0.248. The molecule has 3 N–H and O–H groups in total. The first-order chi connectivity index (χ1) is 8.27. The number of hydrogen-bond acceptors (Lipinski definition) is 4. The van der Waals surface area contributed by atoms with Gasteiger partial charge in [-0.15, -0.1) is 0 Å². The summed E-state index contributed by atoms with van der Waals surface area (Å²) in [7, 11) is 0. The Morgan fingerprint density at radius 2 is 2.18 bits per heavy atom. The molecular formula is C11H11N5O. The molecule has 6 nitrogen and oxygen atoms in total. The van der Waals surface area contributed by atoms with Crippen molar-refractivity contribution >= 4 is 11.8 Å². The number of primary amides is 1. The van der Waals surface area contributed by atoms with Crippen LogP contribution in [-0.2, 0) is 6.42 Å². The lowest BCUT2D eigenvalue weighted by Gasteiger charge is -1.99. The van der Waals surface area contributed by atoms with Crippen molar-refractivity contribution in [2.24, 2.45) is 5.73 Å². The smallest absolute Gasteiger partial charge is 0.341 e. The van der Waals surface area contributed by atoms with Crippen LogP contribution < -0.4 is 11.1 Å². The molecule has 3 rings (SSSR count).